The van der Waals surface area contributed by atoms with Crippen molar-refractivity contribution >= 4 is 17.7 Å². The fraction of sp³-hybridized carbons (Fsp3) is 0.355. The second-order valence-corrected chi connectivity index (χ2v) is 9.74. The summed E-state index contributed by atoms with van der Waals surface area (Å²) in [5, 5.41) is 0. The van der Waals surface area contributed by atoms with Gasteiger partial charge in [-0.15, -0.1) is 0 Å². The number of aromatic nitrogens is 1. The Morgan fingerprint density at radius 2 is 1.51 bits per heavy atom. The number of aryl methyl sites for hydroxylation is 2. The number of Topliss-reactive ketones (excluding diaryl/α,β-unsaturated/α-hetero) is 1. The van der Waals surface area contributed by atoms with E-state index in [0.717, 1.165) is 11.1 Å². The smallest absolute Gasteiger partial charge is 0.309 e. The maximum atomic E-state index is 13.9. The molecule has 0 fully saturated rings. The van der Waals surface area contributed by atoms with Crippen LogP contribution in [0.4, 0.5) is 8.78 Å². The lowest BCUT2D eigenvalue weighted by molar-refractivity contribution is -0.153. The lowest BCUT2D eigenvalue weighted by Gasteiger charge is -2.28. The van der Waals surface area contributed by atoms with E-state index in [1.165, 1.54) is 50.6 Å². The van der Waals surface area contributed by atoms with Gasteiger partial charge in [0.2, 0.25) is 6.79 Å². The van der Waals surface area contributed by atoms with Crippen LogP contribution < -0.4 is 9.47 Å². The van der Waals surface area contributed by atoms with Gasteiger partial charge >= 0.3 is 11.9 Å². The van der Waals surface area contributed by atoms with Crippen LogP contribution in [0.2, 0.25) is 0 Å². The standard InChI is InChI=1S/C31H33F2NO7/c1-17-13-22(32)7-9-24(17)28(25-10-8-23(33)14-18(25)2)20(4)41-31(37)19(3)15-26(36)29-30(40-16-39-21(5)35)27(38-6)11-12-34-29/h7-14,19-20,28H,15-16H2,1-6H3/t19-,20+/m1/s1. The van der Waals surface area contributed by atoms with Crippen molar-refractivity contribution < 1.29 is 42.1 Å². The van der Waals surface area contributed by atoms with Crippen LogP contribution in [0.15, 0.2) is 48.7 Å². The van der Waals surface area contributed by atoms with Crippen LogP contribution in [0.25, 0.3) is 0 Å². The molecule has 0 aliphatic carbocycles. The van der Waals surface area contributed by atoms with Gasteiger partial charge in [0, 0.05) is 31.5 Å². The Hall–Kier alpha value is -4.34. The molecule has 0 bridgehead atoms. The summed E-state index contributed by atoms with van der Waals surface area (Å²) < 4.78 is 49.1. The van der Waals surface area contributed by atoms with E-state index in [1.54, 1.807) is 39.8 Å². The predicted molar refractivity (Wildman–Crippen MR) is 146 cm³/mol. The van der Waals surface area contributed by atoms with Gasteiger partial charge in [-0.25, -0.2) is 13.8 Å². The first kappa shape index (κ1) is 31.2. The summed E-state index contributed by atoms with van der Waals surface area (Å²) in [6, 6.07) is 10.2. The quantitative estimate of drug-likeness (QED) is 0.152. The van der Waals surface area contributed by atoms with Crippen molar-refractivity contribution in [1.82, 2.24) is 4.98 Å². The van der Waals surface area contributed by atoms with Crippen molar-refractivity contribution in [2.24, 2.45) is 5.92 Å². The zero-order valence-electron chi connectivity index (χ0n) is 23.8. The first-order valence-corrected chi connectivity index (χ1v) is 13.0. The number of hydrogen-bond acceptors (Lipinski definition) is 8. The normalized spacial score (nSPS) is 12.4. The van der Waals surface area contributed by atoms with E-state index in [4.69, 9.17) is 18.9 Å². The molecule has 2 aromatic carbocycles. The van der Waals surface area contributed by atoms with Crippen molar-refractivity contribution in [2.75, 3.05) is 13.9 Å². The highest BCUT2D eigenvalue weighted by Gasteiger charge is 2.31. The number of carbonyl (C=O) groups excluding carboxylic acids is 3. The highest BCUT2D eigenvalue weighted by molar-refractivity contribution is 5.99. The number of ketones is 1. The van der Waals surface area contributed by atoms with E-state index >= 15 is 0 Å². The van der Waals surface area contributed by atoms with Crippen LogP contribution in [-0.4, -0.2) is 42.7 Å². The largest absolute Gasteiger partial charge is 0.493 e. The first-order valence-electron chi connectivity index (χ1n) is 13.0. The monoisotopic (exact) mass is 569 g/mol. The van der Waals surface area contributed by atoms with Crippen LogP contribution in [0, 0.1) is 31.4 Å². The van der Waals surface area contributed by atoms with Gasteiger partial charge in [-0.05, 0) is 67.3 Å². The molecule has 0 aliphatic rings. The molecule has 0 N–H and O–H groups in total. The van der Waals surface area contributed by atoms with E-state index < -0.39 is 54.1 Å². The van der Waals surface area contributed by atoms with Crippen LogP contribution in [-0.2, 0) is 19.1 Å². The van der Waals surface area contributed by atoms with Crippen molar-refractivity contribution in [3.8, 4) is 11.5 Å². The molecular weight excluding hydrogens is 536 g/mol. The van der Waals surface area contributed by atoms with Gasteiger partial charge in [-0.3, -0.25) is 14.4 Å². The number of methoxy groups -OCH3 is 1. The Kier molecular flexibility index (Phi) is 10.5. The van der Waals surface area contributed by atoms with Crippen LogP contribution in [0.1, 0.15) is 65.9 Å². The molecule has 10 heteroatoms. The Labute approximate surface area is 237 Å². The number of halogens is 2. The number of pyridine rings is 1. The predicted octanol–water partition coefficient (Wildman–Crippen LogP) is 5.86. The molecule has 1 aromatic heterocycles. The molecule has 0 radical (unpaired) electrons. The third-order valence-corrected chi connectivity index (χ3v) is 6.62. The number of carbonyl (C=O) groups is 3. The summed E-state index contributed by atoms with van der Waals surface area (Å²) in [4.78, 5) is 41.6. The minimum Gasteiger partial charge on any atom is -0.493 e. The molecule has 0 saturated heterocycles. The summed E-state index contributed by atoms with van der Waals surface area (Å²) in [6.07, 6.45) is 0.355. The third-order valence-electron chi connectivity index (χ3n) is 6.62. The fourth-order valence-corrected chi connectivity index (χ4v) is 4.58. The van der Waals surface area contributed by atoms with Crippen molar-refractivity contribution in [2.45, 2.75) is 53.1 Å². The molecule has 41 heavy (non-hydrogen) atoms. The Balaban J connectivity index is 1.82. The zero-order valence-corrected chi connectivity index (χ0v) is 23.8. The summed E-state index contributed by atoms with van der Waals surface area (Å²) in [6.45, 7) is 7.51. The van der Waals surface area contributed by atoms with Gasteiger partial charge in [0.05, 0.1) is 13.0 Å². The summed E-state index contributed by atoms with van der Waals surface area (Å²) in [7, 11) is 1.38. The molecular formula is C31H33F2NO7. The minimum atomic E-state index is -0.872. The molecule has 0 aliphatic heterocycles. The zero-order chi connectivity index (χ0) is 30.3. The minimum absolute atomic E-state index is 0.0196. The summed E-state index contributed by atoms with van der Waals surface area (Å²) in [5.41, 5.74) is 2.65. The average molecular weight is 570 g/mol. The lowest BCUT2D eigenvalue weighted by atomic mass is 9.82. The molecule has 8 nitrogen and oxygen atoms in total. The first-order chi connectivity index (χ1) is 19.4. The molecule has 0 saturated carbocycles. The van der Waals surface area contributed by atoms with E-state index in [1.807, 2.05) is 0 Å². The number of rotatable bonds is 12. The van der Waals surface area contributed by atoms with Crippen LogP contribution in [0.5, 0.6) is 11.5 Å². The number of ether oxygens (including phenoxy) is 4. The molecule has 3 rings (SSSR count). The average Bonchev–Trinajstić information content (AvgIpc) is 2.90. The van der Waals surface area contributed by atoms with E-state index in [0.29, 0.717) is 11.1 Å². The molecule has 0 amide bonds. The molecule has 3 aromatic rings. The lowest BCUT2D eigenvalue weighted by Crippen LogP contribution is -2.28. The Morgan fingerprint density at radius 3 is 2.02 bits per heavy atom. The molecule has 218 valence electrons. The molecule has 0 spiro atoms. The summed E-state index contributed by atoms with van der Waals surface area (Å²) in [5.74, 6) is -3.75. The number of nitrogens with zero attached hydrogens (tertiary/aromatic N) is 1. The van der Waals surface area contributed by atoms with E-state index in [9.17, 15) is 23.2 Å². The second-order valence-electron chi connectivity index (χ2n) is 9.74. The van der Waals surface area contributed by atoms with Gasteiger partial charge in [-0.2, -0.15) is 0 Å². The van der Waals surface area contributed by atoms with E-state index in [-0.39, 0.29) is 23.6 Å². The Bertz CT molecular complexity index is 1370. The number of esters is 2. The molecule has 1 heterocycles. The Morgan fingerprint density at radius 1 is 0.927 bits per heavy atom. The molecule has 2 atom stereocenters. The van der Waals surface area contributed by atoms with Gasteiger partial charge < -0.3 is 18.9 Å². The number of benzene rings is 2. The fourth-order valence-electron chi connectivity index (χ4n) is 4.58. The van der Waals surface area contributed by atoms with Crippen molar-refractivity contribution in [3.05, 3.63) is 88.2 Å². The van der Waals surface area contributed by atoms with Gasteiger partial charge in [0.15, 0.2) is 23.0 Å². The van der Waals surface area contributed by atoms with Crippen molar-refractivity contribution in [1.29, 1.82) is 0 Å². The molecule has 0 unspecified atom stereocenters. The van der Waals surface area contributed by atoms with Gasteiger partial charge in [-0.1, -0.05) is 19.1 Å². The third kappa shape index (κ3) is 7.87. The van der Waals surface area contributed by atoms with Crippen LogP contribution >= 0.6 is 0 Å². The van der Waals surface area contributed by atoms with Gasteiger partial charge in [0.1, 0.15) is 17.7 Å². The second kappa shape index (κ2) is 13.8. The van der Waals surface area contributed by atoms with Crippen molar-refractivity contribution in [3.63, 3.8) is 0 Å². The maximum Gasteiger partial charge on any atom is 0.309 e. The van der Waals surface area contributed by atoms with E-state index in [2.05, 4.69) is 4.98 Å². The van der Waals surface area contributed by atoms with Gasteiger partial charge in [0.25, 0.3) is 0 Å². The SMILES string of the molecule is COc1ccnc(C(=O)C[C@@H](C)C(=O)O[C@@H](C)C(c2ccc(F)cc2C)c2ccc(F)cc2C)c1OCOC(C)=O. The maximum absolute atomic E-state index is 13.9. The number of hydrogen-bond donors (Lipinski definition) is 0. The highest BCUT2D eigenvalue weighted by Crippen LogP contribution is 2.35. The van der Waals surface area contributed by atoms with Crippen LogP contribution in [0.3, 0.4) is 0 Å². The summed E-state index contributed by atoms with van der Waals surface area (Å²) >= 11 is 0. The topological polar surface area (TPSA) is 101 Å². The highest BCUT2D eigenvalue weighted by atomic mass is 19.1.